The minimum Gasteiger partial charge on any atom is -0.326 e. The minimum atomic E-state index is -0.325. The van der Waals surface area contributed by atoms with Gasteiger partial charge in [-0.05, 0) is 36.4 Å². The van der Waals surface area contributed by atoms with Gasteiger partial charge in [0.25, 0.3) is 5.56 Å². The lowest BCUT2D eigenvalue weighted by atomic mass is 10.2. The molecule has 0 aliphatic heterocycles. The van der Waals surface area contributed by atoms with Crippen LogP contribution in [-0.2, 0) is 0 Å². The molecule has 154 valence electrons. The van der Waals surface area contributed by atoms with Crippen LogP contribution in [0, 0.1) is 0 Å². The lowest BCUT2D eigenvalue weighted by Crippen LogP contribution is -2.22. The highest BCUT2D eigenvalue weighted by molar-refractivity contribution is 5.95. The van der Waals surface area contributed by atoms with Gasteiger partial charge >= 0.3 is 0 Å². The Bertz CT molecular complexity index is 1740. The number of nitrogens with zero attached hydrogens (tertiary/aromatic N) is 5. The number of pyridine rings is 1. The molecule has 0 saturated carbocycles. The maximum atomic E-state index is 13.5. The minimum absolute atomic E-state index is 0.169. The highest BCUT2D eigenvalue weighted by Gasteiger charge is 2.18. The van der Waals surface area contributed by atoms with Crippen molar-refractivity contribution in [2.75, 3.05) is 5.32 Å². The fourth-order valence-electron chi connectivity index (χ4n) is 3.78. The molecular weight excluding hydrogens is 406 g/mol. The number of nitrogens with one attached hydrogen (secondary N) is 2. The number of rotatable bonds is 3. The second-order valence-corrected chi connectivity index (χ2v) is 7.22. The molecule has 0 unspecified atom stereocenters. The van der Waals surface area contributed by atoms with Crippen LogP contribution in [0.15, 0.2) is 88.7 Å². The van der Waals surface area contributed by atoms with Crippen molar-refractivity contribution in [3.8, 4) is 5.82 Å². The van der Waals surface area contributed by atoms with Crippen molar-refractivity contribution in [1.29, 1.82) is 0 Å². The molecule has 0 fully saturated rings. The molecule has 4 heterocycles. The summed E-state index contributed by atoms with van der Waals surface area (Å²) in [7, 11) is 0. The predicted octanol–water partition coefficient (Wildman–Crippen LogP) is 3.01. The van der Waals surface area contributed by atoms with Gasteiger partial charge in [-0.2, -0.15) is 4.52 Å². The van der Waals surface area contributed by atoms with Crippen molar-refractivity contribution in [2.45, 2.75) is 0 Å². The lowest BCUT2D eigenvalue weighted by molar-refractivity contribution is 0.772. The first-order valence-corrected chi connectivity index (χ1v) is 9.89. The monoisotopic (exact) mass is 421 g/mol. The maximum Gasteiger partial charge on any atom is 0.284 e. The van der Waals surface area contributed by atoms with Crippen LogP contribution in [0.25, 0.3) is 33.4 Å². The zero-order valence-electron chi connectivity index (χ0n) is 16.6. The number of hydrogen-bond donors (Lipinski definition) is 2. The van der Waals surface area contributed by atoms with Crippen molar-refractivity contribution < 1.29 is 0 Å². The van der Waals surface area contributed by atoms with Gasteiger partial charge in [0.1, 0.15) is 11.0 Å². The smallest absolute Gasteiger partial charge is 0.284 e. The number of H-pyrrole nitrogens is 1. The normalized spacial score (nSPS) is 11.4. The van der Waals surface area contributed by atoms with Crippen LogP contribution >= 0.6 is 0 Å². The van der Waals surface area contributed by atoms with Gasteiger partial charge in [0.15, 0.2) is 16.9 Å². The van der Waals surface area contributed by atoms with E-state index in [1.165, 1.54) is 22.8 Å². The quantitative estimate of drug-likeness (QED) is 0.455. The van der Waals surface area contributed by atoms with E-state index in [1.54, 1.807) is 29.1 Å². The summed E-state index contributed by atoms with van der Waals surface area (Å²) < 4.78 is 3.03. The average molecular weight is 421 g/mol. The molecular formula is C23H15N7O2. The summed E-state index contributed by atoms with van der Waals surface area (Å²) in [5, 5.41) is 4.14. The van der Waals surface area contributed by atoms with E-state index in [2.05, 4.69) is 20.3 Å². The van der Waals surface area contributed by atoms with Crippen LogP contribution in [-0.4, -0.2) is 29.1 Å². The fourth-order valence-corrected chi connectivity index (χ4v) is 3.78. The Labute approximate surface area is 179 Å². The summed E-state index contributed by atoms with van der Waals surface area (Å²) in [6.45, 7) is 0. The Morgan fingerprint density at radius 3 is 2.53 bits per heavy atom. The summed E-state index contributed by atoms with van der Waals surface area (Å²) >= 11 is 0. The maximum absolute atomic E-state index is 13.5. The summed E-state index contributed by atoms with van der Waals surface area (Å²) in [5.74, 6) is 0.955. The molecule has 9 nitrogen and oxygen atoms in total. The number of para-hydroxylation sites is 1. The summed E-state index contributed by atoms with van der Waals surface area (Å²) in [4.78, 5) is 42.2. The Balaban J connectivity index is 1.67. The molecule has 2 N–H and O–H groups in total. The largest absolute Gasteiger partial charge is 0.326 e. The topological polar surface area (TPSA) is 110 Å². The zero-order chi connectivity index (χ0) is 21.7. The molecule has 0 atom stereocenters. The number of benzene rings is 2. The summed E-state index contributed by atoms with van der Waals surface area (Å²) in [6, 6.07) is 19.5. The molecule has 0 aliphatic rings. The first kappa shape index (κ1) is 18.0. The Morgan fingerprint density at radius 2 is 1.72 bits per heavy atom. The molecule has 0 aliphatic carbocycles. The average Bonchev–Trinajstić information content (AvgIpc) is 3.14. The third kappa shape index (κ3) is 2.76. The van der Waals surface area contributed by atoms with E-state index < -0.39 is 0 Å². The number of fused-ring (bicyclic) bond motifs is 4. The van der Waals surface area contributed by atoms with E-state index in [0.29, 0.717) is 39.3 Å². The van der Waals surface area contributed by atoms with Gasteiger partial charge in [-0.3, -0.25) is 9.59 Å². The van der Waals surface area contributed by atoms with Crippen LogP contribution in [0.2, 0.25) is 0 Å². The molecule has 2 aromatic carbocycles. The van der Waals surface area contributed by atoms with E-state index >= 15 is 0 Å². The van der Waals surface area contributed by atoms with Gasteiger partial charge in [0.05, 0.1) is 5.52 Å². The van der Waals surface area contributed by atoms with Gasteiger partial charge in [-0.25, -0.2) is 19.6 Å². The van der Waals surface area contributed by atoms with Gasteiger partial charge in [0, 0.05) is 29.5 Å². The van der Waals surface area contributed by atoms with E-state index in [1.807, 2.05) is 36.4 Å². The van der Waals surface area contributed by atoms with Crippen LogP contribution in [0.5, 0.6) is 0 Å². The second-order valence-electron chi connectivity index (χ2n) is 7.22. The highest BCUT2D eigenvalue weighted by Crippen LogP contribution is 2.23. The molecule has 9 heteroatoms. The van der Waals surface area contributed by atoms with Crippen molar-refractivity contribution in [3.05, 3.63) is 99.7 Å². The molecule has 0 bridgehead atoms. The number of anilines is 2. The number of hydrogen-bond acceptors (Lipinski definition) is 6. The highest BCUT2D eigenvalue weighted by atomic mass is 16.1. The van der Waals surface area contributed by atoms with Crippen LogP contribution < -0.4 is 16.3 Å². The van der Waals surface area contributed by atoms with Crippen LogP contribution in [0.1, 0.15) is 0 Å². The number of aromatic nitrogens is 6. The predicted molar refractivity (Wildman–Crippen MR) is 122 cm³/mol. The molecule has 6 aromatic rings. The molecule has 0 radical (unpaired) electrons. The van der Waals surface area contributed by atoms with Crippen molar-refractivity contribution in [2.24, 2.45) is 0 Å². The van der Waals surface area contributed by atoms with Gasteiger partial charge in [0.2, 0.25) is 5.95 Å². The molecule has 32 heavy (non-hydrogen) atoms. The van der Waals surface area contributed by atoms with Gasteiger partial charge in [-0.15, -0.1) is 0 Å². The molecule has 0 amide bonds. The van der Waals surface area contributed by atoms with Crippen LogP contribution in [0.3, 0.4) is 0 Å². The SMILES string of the molecule is O=c1ccc2c(c1)n(-c1ccccn1)n1c(=O)c3cnc(Nc4ccccc4)[nH]c3nc21. The second kappa shape index (κ2) is 6.88. The standard InChI is InChI=1S/C23H15N7O2/c31-15-9-10-16-18(12-15)29(19-8-4-5-11-24-19)30-21(16)27-20-17(22(30)32)13-25-23(28-20)26-14-6-2-1-3-7-14/h1-13H,(H2,25,26,27,28). The Hall–Kier alpha value is -4.79. The Morgan fingerprint density at radius 1 is 0.875 bits per heavy atom. The molecule has 0 spiro atoms. The Kier molecular flexibility index (Phi) is 3.87. The third-order valence-electron chi connectivity index (χ3n) is 5.20. The van der Waals surface area contributed by atoms with Gasteiger partial charge in [-0.1, -0.05) is 24.3 Å². The van der Waals surface area contributed by atoms with E-state index in [4.69, 9.17) is 4.98 Å². The van der Waals surface area contributed by atoms with E-state index in [9.17, 15) is 9.59 Å². The van der Waals surface area contributed by atoms with Crippen LogP contribution in [0.4, 0.5) is 11.6 Å². The van der Waals surface area contributed by atoms with Gasteiger partial charge < -0.3 is 10.3 Å². The molecule has 0 saturated heterocycles. The summed E-state index contributed by atoms with van der Waals surface area (Å²) in [6.07, 6.45) is 3.11. The lowest BCUT2D eigenvalue weighted by Gasteiger charge is -2.09. The third-order valence-corrected chi connectivity index (χ3v) is 5.20. The molecule has 6 rings (SSSR count). The zero-order valence-corrected chi connectivity index (χ0v) is 16.6. The fraction of sp³-hybridized carbons (Fsp3) is 0. The van der Waals surface area contributed by atoms with E-state index in [0.717, 1.165) is 5.69 Å². The van der Waals surface area contributed by atoms with Crippen molar-refractivity contribution >= 4 is 39.2 Å². The van der Waals surface area contributed by atoms with E-state index in [-0.39, 0.29) is 11.0 Å². The van der Waals surface area contributed by atoms with Crippen molar-refractivity contribution in [3.63, 3.8) is 0 Å². The first-order chi connectivity index (χ1) is 15.7. The number of aromatic amines is 1. The summed E-state index contributed by atoms with van der Waals surface area (Å²) in [5.41, 5.74) is 1.70. The molecule has 4 aromatic heterocycles. The first-order valence-electron chi connectivity index (χ1n) is 9.89. The van der Waals surface area contributed by atoms with Crippen molar-refractivity contribution in [1.82, 2.24) is 29.1 Å².